The van der Waals surface area contributed by atoms with E-state index in [4.69, 9.17) is 0 Å². The van der Waals surface area contributed by atoms with Gasteiger partial charge in [0.15, 0.2) is 0 Å². The Labute approximate surface area is 81.8 Å². The van der Waals surface area contributed by atoms with Crippen molar-refractivity contribution in [1.82, 2.24) is 0 Å². The van der Waals surface area contributed by atoms with E-state index in [1.807, 2.05) is 22.6 Å². The Bertz CT molecular complexity index is 160. The van der Waals surface area contributed by atoms with Crippen molar-refractivity contribution in [2.24, 2.45) is 9.98 Å². The third-order valence-electron chi connectivity index (χ3n) is 0.464. The van der Waals surface area contributed by atoms with E-state index in [1.165, 1.54) is 0 Å². The number of nitrogens with zero attached hydrogens (tertiary/aromatic N) is 2. The predicted molar refractivity (Wildman–Crippen MR) is 59.0 cm³/mol. The van der Waals surface area contributed by atoms with Crippen molar-refractivity contribution < 1.29 is 0 Å². The second-order valence-corrected chi connectivity index (χ2v) is 3.55. The van der Waals surface area contributed by atoms with Gasteiger partial charge in [-0.1, -0.05) is 6.58 Å². The first-order chi connectivity index (χ1) is 4.16. The lowest BCUT2D eigenvalue weighted by Crippen LogP contribution is -1.85. The molecular weight excluding hydrogens is 342 g/mol. The minimum atomic E-state index is 0.775. The fraction of sp³-hybridized carbons (Fsp3) is 0.200. The largest absolute Gasteiger partial charge is 0.294 e. The molecule has 0 aromatic heterocycles. The fourth-order valence-electron chi connectivity index (χ4n) is 0.251. The molecule has 0 aromatic rings. The van der Waals surface area contributed by atoms with Crippen molar-refractivity contribution in [3.63, 3.8) is 0 Å². The lowest BCUT2D eigenvalue weighted by atomic mass is 10.8. The maximum absolute atomic E-state index is 4.01. The van der Waals surface area contributed by atoms with E-state index in [2.05, 4.69) is 39.2 Å². The van der Waals surface area contributed by atoms with Gasteiger partial charge in [0.1, 0.15) is 3.72 Å². The number of aliphatic imine (C=N–C) groups is 2. The van der Waals surface area contributed by atoms with E-state index < -0.39 is 0 Å². The first-order valence-corrected chi connectivity index (χ1v) is 4.33. The van der Waals surface area contributed by atoms with Crippen LogP contribution in [0, 0.1) is 0 Å². The average Bonchev–Trinajstić information content (AvgIpc) is 1.63. The molecule has 0 saturated carbocycles. The Morgan fingerprint density at radius 3 is 2.44 bits per heavy atom. The Morgan fingerprint density at radius 2 is 2.11 bits per heavy atom. The fourth-order valence-corrected chi connectivity index (χ4v) is 1.54. The summed E-state index contributed by atoms with van der Waals surface area (Å²) in [4.78, 5) is 7.79. The van der Waals surface area contributed by atoms with Gasteiger partial charge < -0.3 is 0 Å². The van der Waals surface area contributed by atoms with Gasteiger partial charge in [-0.2, -0.15) is 0 Å². The van der Waals surface area contributed by atoms with Gasteiger partial charge >= 0.3 is 0 Å². The molecule has 0 bridgehead atoms. The molecule has 0 rings (SSSR count). The quantitative estimate of drug-likeness (QED) is 0.416. The van der Waals surface area contributed by atoms with Crippen LogP contribution in [0.4, 0.5) is 0 Å². The lowest BCUT2D eigenvalue weighted by molar-refractivity contribution is 1.48. The number of halogens is 2. The zero-order valence-electron chi connectivity index (χ0n) is 4.93. The monoisotopic (exact) mass is 348 g/mol. The van der Waals surface area contributed by atoms with Crippen LogP contribution in [-0.4, -0.2) is 17.0 Å². The van der Waals surface area contributed by atoms with Crippen molar-refractivity contribution in [2.45, 2.75) is 0 Å². The Morgan fingerprint density at radius 1 is 1.56 bits per heavy atom. The normalized spacial score (nSPS) is 12.6. The topological polar surface area (TPSA) is 24.7 Å². The third kappa shape index (κ3) is 6.42. The van der Waals surface area contributed by atoms with Crippen LogP contribution < -0.4 is 0 Å². The average molecular weight is 348 g/mol. The molecule has 0 fully saturated rings. The number of hydrogen-bond donors (Lipinski definition) is 0. The van der Waals surface area contributed by atoms with E-state index in [-0.39, 0.29) is 0 Å². The van der Waals surface area contributed by atoms with E-state index in [9.17, 15) is 0 Å². The maximum Gasteiger partial charge on any atom is 0.120 e. The second-order valence-electron chi connectivity index (χ2n) is 1.20. The molecule has 0 atom stereocenters. The summed E-state index contributed by atoms with van der Waals surface area (Å²) in [5, 5.41) is 0. The molecule has 9 heavy (non-hydrogen) atoms. The molecule has 0 spiro atoms. The zero-order valence-corrected chi connectivity index (χ0v) is 9.25. The molecule has 2 nitrogen and oxygen atoms in total. The molecule has 0 aliphatic carbocycles. The summed E-state index contributed by atoms with van der Waals surface area (Å²) in [5.74, 6) is 0. The molecule has 0 N–H and O–H groups in total. The Hall–Kier alpha value is 0.540. The molecule has 0 amide bonds. The number of hydrogen-bond acceptors (Lipinski definition) is 2. The highest BCUT2D eigenvalue weighted by Crippen LogP contribution is 2.04. The smallest absolute Gasteiger partial charge is 0.120 e. The van der Waals surface area contributed by atoms with Gasteiger partial charge in [-0.3, -0.25) is 4.99 Å². The molecule has 4 heteroatoms. The van der Waals surface area contributed by atoms with Crippen LogP contribution in [0.15, 0.2) is 20.3 Å². The first-order valence-electron chi connectivity index (χ1n) is 2.17. The zero-order chi connectivity index (χ0) is 7.28. The summed E-state index contributed by atoms with van der Waals surface area (Å²) in [7, 11) is 1.71. The van der Waals surface area contributed by atoms with Gasteiger partial charge in [-0.15, -0.1) is 0 Å². The molecular formula is C5H6I2N2. The van der Waals surface area contributed by atoms with Crippen LogP contribution in [0.5, 0.6) is 0 Å². The van der Waals surface area contributed by atoms with Gasteiger partial charge in [0.2, 0.25) is 0 Å². The molecule has 0 heterocycles. The molecule has 0 unspecified atom stereocenters. The predicted octanol–water partition coefficient (Wildman–Crippen LogP) is 2.43. The highest BCUT2D eigenvalue weighted by Gasteiger charge is 1.84. The van der Waals surface area contributed by atoms with Gasteiger partial charge in [-0.25, -0.2) is 4.99 Å². The van der Waals surface area contributed by atoms with Crippen LogP contribution in [0.1, 0.15) is 0 Å². The van der Waals surface area contributed by atoms with E-state index in [1.54, 1.807) is 13.3 Å². The van der Waals surface area contributed by atoms with Gasteiger partial charge in [0.05, 0.1) is 9.92 Å². The van der Waals surface area contributed by atoms with Crippen molar-refractivity contribution in [3.8, 4) is 0 Å². The van der Waals surface area contributed by atoms with Crippen LogP contribution >= 0.6 is 45.2 Å². The standard InChI is InChI=1S/C5H6I2N2/c1-4(6)9-5(7)3-8-2/h3H,1H2,2H3/b8-3-,9-5+. The molecule has 50 valence electrons. The maximum atomic E-state index is 4.01. The van der Waals surface area contributed by atoms with E-state index in [0.717, 1.165) is 7.42 Å². The minimum Gasteiger partial charge on any atom is -0.294 e. The summed E-state index contributed by atoms with van der Waals surface area (Å²) in [6, 6.07) is 0. The highest BCUT2D eigenvalue weighted by atomic mass is 127. The van der Waals surface area contributed by atoms with Crippen molar-refractivity contribution >= 4 is 55.1 Å². The lowest BCUT2D eigenvalue weighted by Gasteiger charge is -1.84. The molecule has 0 aliphatic heterocycles. The van der Waals surface area contributed by atoms with E-state index in [0.29, 0.717) is 0 Å². The van der Waals surface area contributed by atoms with Crippen LogP contribution in [0.25, 0.3) is 0 Å². The van der Waals surface area contributed by atoms with Crippen molar-refractivity contribution in [3.05, 3.63) is 10.3 Å². The first kappa shape index (κ1) is 9.54. The summed E-state index contributed by atoms with van der Waals surface area (Å²) < 4.78 is 1.63. The molecule has 0 saturated heterocycles. The summed E-state index contributed by atoms with van der Waals surface area (Å²) in [6.45, 7) is 3.61. The Balaban J connectivity index is 4.00. The van der Waals surface area contributed by atoms with E-state index >= 15 is 0 Å². The molecule has 0 aliphatic rings. The van der Waals surface area contributed by atoms with Gasteiger partial charge in [-0.05, 0) is 45.2 Å². The van der Waals surface area contributed by atoms with Crippen LogP contribution in [-0.2, 0) is 0 Å². The van der Waals surface area contributed by atoms with Crippen molar-refractivity contribution in [2.75, 3.05) is 7.05 Å². The molecule has 0 aromatic carbocycles. The SMILES string of the molecule is C=C(I)/N=C(I)\C=N/C. The summed E-state index contributed by atoms with van der Waals surface area (Å²) >= 11 is 4.14. The van der Waals surface area contributed by atoms with Gasteiger partial charge in [0, 0.05) is 7.05 Å². The van der Waals surface area contributed by atoms with Gasteiger partial charge in [0.25, 0.3) is 0 Å². The Kier molecular flexibility index (Phi) is 5.65. The van der Waals surface area contributed by atoms with Crippen LogP contribution in [0.3, 0.4) is 0 Å². The van der Waals surface area contributed by atoms with Crippen molar-refractivity contribution in [1.29, 1.82) is 0 Å². The molecule has 0 radical (unpaired) electrons. The second kappa shape index (κ2) is 5.33. The third-order valence-corrected chi connectivity index (χ3v) is 1.22. The highest BCUT2D eigenvalue weighted by molar-refractivity contribution is 14.1. The van der Waals surface area contributed by atoms with Crippen LogP contribution in [0.2, 0.25) is 0 Å². The summed E-state index contributed by atoms with van der Waals surface area (Å²) in [5.41, 5.74) is 0. The summed E-state index contributed by atoms with van der Waals surface area (Å²) in [6.07, 6.45) is 1.68. The minimum absolute atomic E-state index is 0.775. The number of rotatable bonds is 2.